The smallest absolute Gasteiger partial charge is 0.0576 e. The second kappa shape index (κ2) is 9.71. The minimum absolute atomic E-state index is 0.147. The summed E-state index contributed by atoms with van der Waals surface area (Å²) in [7, 11) is 0. The molecule has 2 aromatic rings. The summed E-state index contributed by atoms with van der Waals surface area (Å²) < 4.78 is 0. The first-order chi connectivity index (χ1) is 13.6. The van der Waals surface area contributed by atoms with Gasteiger partial charge in [0.1, 0.15) is 0 Å². The molecule has 0 spiro atoms. The first kappa shape index (κ1) is 21.1. The van der Waals surface area contributed by atoms with E-state index >= 15 is 0 Å². The average Bonchev–Trinajstić information content (AvgIpc) is 2.95. The molecule has 0 saturated carbocycles. The highest BCUT2D eigenvalue weighted by Crippen LogP contribution is 2.53. The van der Waals surface area contributed by atoms with E-state index in [0.717, 1.165) is 6.42 Å². The number of aliphatic hydroxyl groups excluding tert-OH is 2. The SMILES string of the molecule is CCCCCCCCC1(CC(O)CC(C)O)c2ccccc2-c2ccccc21. The fraction of sp³-hybridized carbons (Fsp3) is 0.538. The van der Waals surface area contributed by atoms with E-state index in [1.54, 1.807) is 6.92 Å². The van der Waals surface area contributed by atoms with E-state index in [9.17, 15) is 10.2 Å². The van der Waals surface area contributed by atoms with Gasteiger partial charge in [-0.15, -0.1) is 0 Å². The molecule has 0 radical (unpaired) electrons. The molecule has 2 heteroatoms. The van der Waals surface area contributed by atoms with Gasteiger partial charge in [0.2, 0.25) is 0 Å². The highest BCUT2D eigenvalue weighted by molar-refractivity contribution is 5.81. The zero-order chi connectivity index (χ0) is 20.0. The predicted molar refractivity (Wildman–Crippen MR) is 118 cm³/mol. The molecule has 2 unspecified atom stereocenters. The van der Waals surface area contributed by atoms with Gasteiger partial charge in [-0.25, -0.2) is 0 Å². The second-order valence-electron chi connectivity index (χ2n) is 8.63. The zero-order valence-electron chi connectivity index (χ0n) is 17.5. The summed E-state index contributed by atoms with van der Waals surface area (Å²) in [6.07, 6.45) is 8.83. The molecule has 0 amide bonds. The number of fused-ring (bicyclic) bond motifs is 3. The van der Waals surface area contributed by atoms with Crippen molar-refractivity contribution < 1.29 is 10.2 Å². The summed E-state index contributed by atoms with van der Waals surface area (Å²) in [5.74, 6) is 0. The molecule has 0 heterocycles. The van der Waals surface area contributed by atoms with Crippen molar-refractivity contribution in [2.75, 3.05) is 0 Å². The lowest BCUT2D eigenvalue weighted by Crippen LogP contribution is -2.32. The Hall–Kier alpha value is -1.64. The van der Waals surface area contributed by atoms with Crippen LogP contribution in [0.5, 0.6) is 0 Å². The molecule has 0 aromatic heterocycles. The number of hydrogen-bond donors (Lipinski definition) is 2. The van der Waals surface area contributed by atoms with Crippen LogP contribution in [0.25, 0.3) is 11.1 Å². The van der Waals surface area contributed by atoms with Gasteiger partial charge in [0.05, 0.1) is 12.2 Å². The van der Waals surface area contributed by atoms with Gasteiger partial charge in [-0.1, -0.05) is 94.0 Å². The second-order valence-corrected chi connectivity index (χ2v) is 8.63. The lowest BCUT2D eigenvalue weighted by molar-refractivity contribution is 0.0713. The third kappa shape index (κ3) is 4.50. The Balaban J connectivity index is 1.90. The van der Waals surface area contributed by atoms with Crippen molar-refractivity contribution >= 4 is 0 Å². The lowest BCUT2D eigenvalue weighted by Gasteiger charge is -2.35. The van der Waals surface area contributed by atoms with Crippen LogP contribution in [0.3, 0.4) is 0 Å². The van der Waals surface area contributed by atoms with Crippen molar-refractivity contribution in [3.8, 4) is 11.1 Å². The summed E-state index contributed by atoms with van der Waals surface area (Å²) >= 11 is 0. The fourth-order valence-corrected chi connectivity index (χ4v) is 5.09. The summed E-state index contributed by atoms with van der Waals surface area (Å²) in [6, 6.07) is 17.4. The molecule has 1 aliphatic rings. The molecule has 28 heavy (non-hydrogen) atoms. The van der Waals surface area contributed by atoms with E-state index in [0.29, 0.717) is 12.8 Å². The van der Waals surface area contributed by atoms with Crippen LogP contribution in [0.1, 0.15) is 82.8 Å². The molecule has 152 valence electrons. The quantitative estimate of drug-likeness (QED) is 0.454. The minimum atomic E-state index is -0.501. The van der Waals surface area contributed by atoms with E-state index in [2.05, 4.69) is 55.5 Å². The third-order valence-corrected chi connectivity index (χ3v) is 6.33. The van der Waals surface area contributed by atoms with Gasteiger partial charge >= 0.3 is 0 Å². The number of aliphatic hydroxyl groups is 2. The molecule has 2 N–H and O–H groups in total. The Morgan fingerprint density at radius 3 is 1.89 bits per heavy atom. The summed E-state index contributed by atoms with van der Waals surface area (Å²) in [6.45, 7) is 4.02. The maximum absolute atomic E-state index is 10.8. The normalized spacial score (nSPS) is 16.4. The topological polar surface area (TPSA) is 40.5 Å². The monoisotopic (exact) mass is 380 g/mol. The Bertz CT molecular complexity index is 704. The van der Waals surface area contributed by atoms with E-state index in [1.165, 1.54) is 60.8 Å². The minimum Gasteiger partial charge on any atom is -0.393 e. The van der Waals surface area contributed by atoms with Crippen LogP contribution in [-0.4, -0.2) is 22.4 Å². The predicted octanol–water partition coefficient (Wildman–Crippen LogP) is 6.23. The number of hydrogen-bond acceptors (Lipinski definition) is 2. The van der Waals surface area contributed by atoms with Crippen molar-refractivity contribution in [2.24, 2.45) is 0 Å². The number of unbranched alkanes of at least 4 members (excludes halogenated alkanes) is 5. The van der Waals surface area contributed by atoms with E-state index in [-0.39, 0.29) is 5.41 Å². The number of rotatable bonds is 11. The maximum atomic E-state index is 10.8. The molecule has 2 aromatic carbocycles. The van der Waals surface area contributed by atoms with Gasteiger partial charge in [-0.3, -0.25) is 0 Å². The van der Waals surface area contributed by atoms with Crippen molar-refractivity contribution in [3.05, 3.63) is 59.7 Å². The van der Waals surface area contributed by atoms with Crippen molar-refractivity contribution in [1.82, 2.24) is 0 Å². The first-order valence-corrected chi connectivity index (χ1v) is 11.1. The van der Waals surface area contributed by atoms with Gasteiger partial charge in [0, 0.05) is 5.41 Å². The molecule has 2 atom stereocenters. The molecule has 3 rings (SSSR count). The highest BCUT2D eigenvalue weighted by Gasteiger charge is 2.43. The van der Waals surface area contributed by atoms with Crippen molar-refractivity contribution in [1.29, 1.82) is 0 Å². The van der Waals surface area contributed by atoms with Crippen LogP contribution in [0.4, 0.5) is 0 Å². The Morgan fingerprint density at radius 2 is 1.32 bits per heavy atom. The summed E-state index contributed by atoms with van der Waals surface area (Å²) in [5, 5.41) is 20.6. The van der Waals surface area contributed by atoms with Gasteiger partial charge < -0.3 is 10.2 Å². The van der Waals surface area contributed by atoms with E-state index < -0.39 is 12.2 Å². The van der Waals surface area contributed by atoms with E-state index in [1.807, 2.05) is 0 Å². The molecule has 0 bridgehead atoms. The largest absolute Gasteiger partial charge is 0.393 e. The molecular weight excluding hydrogens is 344 g/mol. The summed E-state index contributed by atoms with van der Waals surface area (Å²) in [5.41, 5.74) is 5.19. The van der Waals surface area contributed by atoms with Crippen molar-refractivity contribution in [2.45, 2.75) is 89.3 Å². The molecule has 2 nitrogen and oxygen atoms in total. The van der Waals surface area contributed by atoms with E-state index in [4.69, 9.17) is 0 Å². The molecule has 0 saturated heterocycles. The van der Waals surface area contributed by atoms with Crippen LogP contribution in [0.2, 0.25) is 0 Å². The zero-order valence-corrected chi connectivity index (χ0v) is 17.5. The van der Waals surface area contributed by atoms with Crippen LogP contribution in [-0.2, 0) is 5.41 Å². The fourth-order valence-electron chi connectivity index (χ4n) is 5.09. The first-order valence-electron chi connectivity index (χ1n) is 11.1. The van der Waals surface area contributed by atoms with Crippen molar-refractivity contribution in [3.63, 3.8) is 0 Å². The Kier molecular flexibility index (Phi) is 7.31. The van der Waals surface area contributed by atoms with Crippen LogP contribution < -0.4 is 0 Å². The van der Waals surface area contributed by atoms with Gasteiger partial charge in [-0.05, 0) is 48.4 Å². The maximum Gasteiger partial charge on any atom is 0.0576 e. The lowest BCUT2D eigenvalue weighted by atomic mass is 9.70. The standard InChI is InChI=1S/C26H36O2/c1-3-4-5-6-7-12-17-26(19-21(28)18-20(2)27)24-15-10-8-13-22(24)23-14-9-11-16-25(23)26/h8-11,13-16,20-21,27-28H,3-7,12,17-19H2,1-2H3. The highest BCUT2D eigenvalue weighted by atomic mass is 16.3. The molecule has 1 aliphatic carbocycles. The molecular formula is C26H36O2. The Labute approximate surface area is 170 Å². The Morgan fingerprint density at radius 1 is 0.786 bits per heavy atom. The third-order valence-electron chi connectivity index (χ3n) is 6.33. The average molecular weight is 381 g/mol. The van der Waals surface area contributed by atoms with Gasteiger partial charge in [-0.2, -0.15) is 0 Å². The van der Waals surface area contributed by atoms with Crippen LogP contribution in [0, 0.1) is 0 Å². The molecule has 0 aliphatic heterocycles. The summed E-state index contributed by atoms with van der Waals surface area (Å²) in [4.78, 5) is 0. The van der Waals surface area contributed by atoms with Gasteiger partial charge in [0.25, 0.3) is 0 Å². The molecule has 0 fully saturated rings. The van der Waals surface area contributed by atoms with Crippen LogP contribution in [0.15, 0.2) is 48.5 Å². The van der Waals surface area contributed by atoms with Crippen LogP contribution >= 0.6 is 0 Å². The van der Waals surface area contributed by atoms with Gasteiger partial charge in [0.15, 0.2) is 0 Å². The number of benzene rings is 2.